The number of carbonyl (C=O) groups excluding carboxylic acids is 1. The lowest BCUT2D eigenvalue weighted by Crippen LogP contribution is -2.46. The lowest BCUT2D eigenvalue weighted by Gasteiger charge is -2.19. The normalized spacial score (nSPS) is 11.1. The maximum absolute atomic E-state index is 11.7. The molecule has 1 N–H and O–H groups in total. The van der Waals surface area contributed by atoms with Crippen molar-refractivity contribution in [1.29, 1.82) is 0 Å². The molecule has 0 atom stereocenters. The standard InChI is InChI=1S/C11H16N2O/c1-11(2,3)12-10(14)9-7-5-6-8-13(9)4/h5-8H,1-4H3/p+1. The summed E-state index contributed by atoms with van der Waals surface area (Å²) in [6.45, 7) is 5.90. The number of nitrogens with zero attached hydrogens (tertiary/aromatic N) is 1. The third-order valence-electron chi connectivity index (χ3n) is 1.78. The van der Waals surface area contributed by atoms with Gasteiger partial charge in [0.2, 0.25) is 0 Å². The van der Waals surface area contributed by atoms with E-state index in [9.17, 15) is 4.79 Å². The Hall–Kier alpha value is -1.38. The Morgan fingerprint density at radius 2 is 2.00 bits per heavy atom. The highest BCUT2D eigenvalue weighted by atomic mass is 16.2. The fourth-order valence-electron chi connectivity index (χ4n) is 1.16. The van der Waals surface area contributed by atoms with Crippen molar-refractivity contribution >= 4 is 5.91 Å². The highest BCUT2D eigenvalue weighted by Gasteiger charge is 2.20. The van der Waals surface area contributed by atoms with Crippen LogP contribution in [-0.2, 0) is 7.05 Å². The second-order valence-corrected chi connectivity index (χ2v) is 4.40. The number of aryl methyl sites for hydroxylation is 1. The first-order valence-electron chi connectivity index (χ1n) is 4.67. The quantitative estimate of drug-likeness (QED) is 0.664. The Morgan fingerprint density at radius 1 is 1.36 bits per heavy atom. The van der Waals surface area contributed by atoms with Crippen LogP contribution < -0.4 is 9.88 Å². The van der Waals surface area contributed by atoms with Crippen LogP contribution >= 0.6 is 0 Å². The first kappa shape index (κ1) is 10.7. The fourth-order valence-corrected chi connectivity index (χ4v) is 1.16. The summed E-state index contributed by atoms with van der Waals surface area (Å²) in [7, 11) is 1.86. The number of aromatic nitrogens is 1. The van der Waals surface area contributed by atoms with Crippen LogP contribution in [0.25, 0.3) is 0 Å². The minimum atomic E-state index is -0.195. The van der Waals surface area contributed by atoms with Gasteiger partial charge in [-0.3, -0.25) is 4.79 Å². The predicted molar refractivity (Wildman–Crippen MR) is 54.8 cm³/mol. The molecule has 76 valence electrons. The fraction of sp³-hybridized carbons (Fsp3) is 0.455. The van der Waals surface area contributed by atoms with Crippen molar-refractivity contribution in [3.8, 4) is 0 Å². The lowest BCUT2D eigenvalue weighted by molar-refractivity contribution is -0.673. The van der Waals surface area contributed by atoms with Gasteiger partial charge in [-0.05, 0) is 26.8 Å². The van der Waals surface area contributed by atoms with Gasteiger partial charge in [0.1, 0.15) is 7.05 Å². The first-order valence-corrected chi connectivity index (χ1v) is 4.67. The largest absolute Gasteiger partial charge is 0.342 e. The molecule has 14 heavy (non-hydrogen) atoms. The Bertz CT molecular complexity index is 339. The summed E-state index contributed by atoms with van der Waals surface area (Å²) in [5.41, 5.74) is 0.474. The average Bonchev–Trinajstić information content (AvgIpc) is 2.01. The van der Waals surface area contributed by atoms with Gasteiger partial charge in [-0.25, -0.2) is 0 Å². The van der Waals surface area contributed by atoms with Gasteiger partial charge >= 0.3 is 5.91 Å². The van der Waals surface area contributed by atoms with Gasteiger partial charge in [0.15, 0.2) is 6.20 Å². The third kappa shape index (κ3) is 2.83. The molecule has 1 rings (SSSR count). The van der Waals surface area contributed by atoms with E-state index in [4.69, 9.17) is 0 Å². The van der Waals surface area contributed by atoms with Gasteiger partial charge in [0.25, 0.3) is 5.69 Å². The molecule has 1 amide bonds. The van der Waals surface area contributed by atoms with Gasteiger partial charge in [0.05, 0.1) is 0 Å². The molecule has 0 aliphatic rings. The molecule has 1 heterocycles. The molecule has 0 fully saturated rings. The van der Waals surface area contributed by atoms with E-state index in [0.29, 0.717) is 5.69 Å². The van der Waals surface area contributed by atoms with Crippen LogP contribution in [-0.4, -0.2) is 11.4 Å². The summed E-state index contributed by atoms with van der Waals surface area (Å²) in [5, 5.41) is 2.92. The highest BCUT2D eigenvalue weighted by Crippen LogP contribution is 2.00. The second-order valence-electron chi connectivity index (χ2n) is 4.40. The number of rotatable bonds is 1. The molecule has 0 radical (unpaired) electrons. The van der Waals surface area contributed by atoms with E-state index in [-0.39, 0.29) is 11.4 Å². The van der Waals surface area contributed by atoms with Crippen molar-refractivity contribution in [2.24, 2.45) is 7.05 Å². The molecule has 0 aromatic carbocycles. The zero-order valence-electron chi connectivity index (χ0n) is 9.16. The Kier molecular flexibility index (Phi) is 2.89. The number of nitrogens with one attached hydrogen (secondary N) is 1. The maximum Gasteiger partial charge on any atom is 0.316 e. The van der Waals surface area contributed by atoms with E-state index in [1.807, 2.05) is 46.1 Å². The monoisotopic (exact) mass is 193 g/mol. The van der Waals surface area contributed by atoms with Gasteiger partial charge in [-0.1, -0.05) is 0 Å². The summed E-state index contributed by atoms with van der Waals surface area (Å²) in [4.78, 5) is 11.7. The van der Waals surface area contributed by atoms with Crippen molar-refractivity contribution in [2.75, 3.05) is 0 Å². The zero-order valence-corrected chi connectivity index (χ0v) is 9.16. The van der Waals surface area contributed by atoms with Crippen molar-refractivity contribution in [3.63, 3.8) is 0 Å². The number of pyridine rings is 1. The minimum Gasteiger partial charge on any atom is -0.342 e. The van der Waals surface area contributed by atoms with Gasteiger partial charge in [-0.15, -0.1) is 0 Å². The van der Waals surface area contributed by atoms with Crippen molar-refractivity contribution in [3.05, 3.63) is 30.1 Å². The highest BCUT2D eigenvalue weighted by molar-refractivity contribution is 5.91. The van der Waals surface area contributed by atoms with Gasteiger partial charge in [0, 0.05) is 17.7 Å². The van der Waals surface area contributed by atoms with Gasteiger partial charge in [-0.2, -0.15) is 4.57 Å². The van der Waals surface area contributed by atoms with Crippen LogP contribution in [0.4, 0.5) is 0 Å². The van der Waals surface area contributed by atoms with Crippen LogP contribution in [0.3, 0.4) is 0 Å². The molecule has 0 saturated carbocycles. The topological polar surface area (TPSA) is 33.0 Å². The van der Waals surface area contributed by atoms with Crippen molar-refractivity contribution < 1.29 is 9.36 Å². The maximum atomic E-state index is 11.7. The van der Waals surface area contributed by atoms with Crippen molar-refractivity contribution in [1.82, 2.24) is 5.32 Å². The molecule has 0 bridgehead atoms. The van der Waals surface area contributed by atoms with E-state index in [1.54, 1.807) is 10.6 Å². The molecule has 1 aromatic heterocycles. The van der Waals surface area contributed by atoms with Crippen LogP contribution in [0, 0.1) is 0 Å². The van der Waals surface area contributed by atoms with E-state index >= 15 is 0 Å². The molecule has 0 saturated heterocycles. The number of amides is 1. The summed E-state index contributed by atoms with van der Waals surface area (Å²) >= 11 is 0. The van der Waals surface area contributed by atoms with E-state index in [2.05, 4.69) is 5.32 Å². The predicted octanol–water partition coefficient (Wildman–Crippen LogP) is 1.04. The molecule has 3 heteroatoms. The van der Waals surface area contributed by atoms with E-state index in [1.165, 1.54) is 0 Å². The Morgan fingerprint density at radius 3 is 2.50 bits per heavy atom. The van der Waals surface area contributed by atoms with Gasteiger partial charge < -0.3 is 5.32 Å². The SMILES string of the molecule is C[n+]1ccccc1C(=O)NC(C)(C)C. The molecular formula is C11H17N2O+. The molecule has 3 nitrogen and oxygen atoms in total. The smallest absolute Gasteiger partial charge is 0.316 e. The Labute approximate surface area is 84.8 Å². The lowest BCUT2D eigenvalue weighted by atomic mass is 10.1. The van der Waals surface area contributed by atoms with Crippen LogP contribution in [0.2, 0.25) is 0 Å². The number of hydrogen-bond acceptors (Lipinski definition) is 1. The van der Waals surface area contributed by atoms with Crippen LogP contribution in [0.15, 0.2) is 24.4 Å². The number of hydrogen-bond donors (Lipinski definition) is 1. The summed E-state index contributed by atoms with van der Waals surface area (Å²) < 4.78 is 1.81. The number of carbonyl (C=O) groups is 1. The third-order valence-corrected chi connectivity index (χ3v) is 1.78. The molecular weight excluding hydrogens is 176 g/mol. The average molecular weight is 193 g/mol. The molecule has 1 aromatic rings. The zero-order chi connectivity index (χ0) is 10.8. The van der Waals surface area contributed by atoms with E-state index in [0.717, 1.165) is 0 Å². The molecule has 0 spiro atoms. The molecule has 0 aliphatic carbocycles. The van der Waals surface area contributed by atoms with E-state index < -0.39 is 0 Å². The van der Waals surface area contributed by atoms with Crippen molar-refractivity contribution in [2.45, 2.75) is 26.3 Å². The summed E-state index contributed by atoms with van der Waals surface area (Å²) in [6.07, 6.45) is 1.86. The second kappa shape index (κ2) is 3.78. The minimum absolute atomic E-state index is 0.0411. The van der Waals surface area contributed by atoms with Crippen LogP contribution in [0.1, 0.15) is 31.3 Å². The Balaban J connectivity index is 2.86. The molecule has 0 unspecified atom stereocenters. The summed E-state index contributed by atoms with van der Waals surface area (Å²) in [6, 6.07) is 5.56. The summed E-state index contributed by atoms with van der Waals surface area (Å²) in [5.74, 6) is -0.0411. The first-order chi connectivity index (χ1) is 6.40. The van der Waals surface area contributed by atoms with Crippen LogP contribution in [0.5, 0.6) is 0 Å². The molecule has 0 aliphatic heterocycles.